The van der Waals surface area contributed by atoms with Gasteiger partial charge in [0.25, 0.3) is 0 Å². The van der Waals surface area contributed by atoms with Gasteiger partial charge in [-0.1, -0.05) is 0 Å². The van der Waals surface area contributed by atoms with Gasteiger partial charge in [0.2, 0.25) is 0 Å². The van der Waals surface area contributed by atoms with Crippen molar-refractivity contribution in [2.75, 3.05) is 13.2 Å². The van der Waals surface area contributed by atoms with Crippen LogP contribution < -0.4 is 0 Å². The summed E-state index contributed by atoms with van der Waals surface area (Å²) in [6, 6.07) is 0. The largest absolute Gasteiger partial charge is 0.505 e. The summed E-state index contributed by atoms with van der Waals surface area (Å²) in [6.45, 7) is 3.40. The Morgan fingerprint density at radius 2 is 2.30 bits per heavy atom. The van der Waals surface area contributed by atoms with Gasteiger partial charge in [-0.05, 0) is 6.72 Å². The highest BCUT2D eigenvalue weighted by molar-refractivity contribution is 5.75. The van der Waals surface area contributed by atoms with Crippen molar-refractivity contribution in [1.29, 1.82) is 0 Å². The topological polar surface area (TPSA) is 65.2 Å². The summed E-state index contributed by atoms with van der Waals surface area (Å²) in [5.74, 6) is -0.0662. The number of aliphatic imine (C=N–C) groups is 2. The van der Waals surface area contributed by atoms with E-state index in [1.165, 1.54) is 12.4 Å². The number of hydrogen-bond acceptors (Lipinski definition) is 4. The standard InChI is InChI=1S/C6H10N2O2/c1-7-4-6(10)5-8-2-3-9/h4-5,9-10H,1-3H2/b6-4+,8-5?. The molecule has 0 radical (unpaired) electrons. The van der Waals surface area contributed by atoms with Gasteiger partial charge in [0.05, 0.1) is 25.6 Å². The van der Waals surface area contributed by atoms with Crippen LogP contribution in [0.1, 0.15) is 0 Å². The van der Waals surface area contributed by atoms with E-state index in [4.69, 9.17) is 10.2 Å². The molecule has 4 heteroatoms. The maximum atomic E-state index is 8.77. The fourth-order valence-corrected chi connectivity index (χ4v) is 0.343. The van der Waals surface area contributed by atoms with Gasteiger partial charge in [-0.3, -0.25) is 9.98 Å². The van der Waals surface area contributed by atoms with Gasteiger partial charge in [0, 0.05) is 0 Å². The summed E-state index contributed by atoms with van der Waals surface area (Å²) in [5.41, 5.74) is 0. The molecule has 0 aromatic carbocycles. The van der Waals surface area contributed by atoms with Crippen molar-refractivity contribution in [1.82, 2.24) is 0 Å². The Balaban J connectivity index is 3.65. The second kappa shape index (κ2) is 5.97. The van der Waals surface area contributed by atoms with E-state index in [0.717, 1.165) is 0 Å². The van der Waals surface area contributed by atoms with Crippen molar-refractivity contribution < 1.29 is 10.2 Å². The normalized spacial score (nSPS) is 12.3. The van der Waals surface area contributed by atoms with Crippen molar-refractivity contribution in [2.45, 2.75) is 0 Å². The average Bonchev–Trinajstić information content (AvgIpc) is 1.89. The Kier molecular flexibility index (Phi) is 5.28. The quantitative estimate of drug-likeness (QED) is 0.433. The Morgan fingerprint density at radius 1 is 1.60 bits per heavy atom. The van der Waals surface area contributed by atoms with E-state index in [1.807, 2.05) is 0 Å². The van der Waals surface area contributed by atoms with Crippen LogP contribution in [0.15, 0.2) is 21.9 Å². The molecule has 0 rings (SSSR count). The summed E-state index contributed by atoms with van der Waals surface area (Å²) >= 11 is 0. The molecule has 0 aromatic heterocycles. The van der Waals surface area contributed by atoms with Crippen LogP contribution in [-0.4, -0.2) is 36.3 Å². The second-order valence-electron chi connectivity index (χ2n) is 1.50. The minimum atomic E-state index is -0.0662. The summed E-state index contributed by atoms with van der Waals surface area (Å²) in [4.78, 5) is 6.93. The molecule has 56 valence electrons. The molecule has 0 heterocycles. The zero-order valence-corrected chi connectivity index (χ0v) is 5.56. The molecule has 4 nitrogen and oxygen atoms in total. The van der Waals surface area contributed by atoms with Gasteiger partial charge < -0.3 is 10.2 Å². The second-order valence-corrected chi connectivity index (χ2v) is 1.50. The third-order valence-corrected chi connectivity index (χ3v) is 0.676. The van der Waals surface area contributed by atoms with E-state index in [-0.39, 0.29) is 18.9 Å². The van der Waals surface area contributed by atoms with Gasteiger partial charge in [-0.15, -0.1) is 0 Å². The lowest BCUT2D eigenvalue weighted by Crippen LogP contribution is -1.89. The van der Waals surface area contributed by atoms with Gasteiger partial charge in [-0.2, -0.15) is 0 Å². The van der Waals surface area contributed by atoms with Crippen LogP contribution in [0.2, 0.25) is 0 Å². The lowest BCUT2D eigenvalue weighted by molar-refractivity contribution is 0.307. The molecular weight excluding hydrogens is 132 g/mol. The SMILES string of the molecule is C=N/C=C(/O)C=NCCO. The number of aliphatic hydroxyl groups is 2. The van der Waals surface area contributed by atoms with Crippen molar-refractivity contribution in [3.05, 3.63) is 12.0 Å². The third-order valence-electron chi connectivity index (χ3n) is 0.676. The molecule has 0 aromatic rings. The predicted molar refractivity (Wildman–Crippen MR) is 40.7 cm³/mol. The predicted octanol–water partition coefficient (Wildman–Crippen LogP) is 0.150. The van der Waals surface area contributed by atoms with Crippen LogP contribution in [0, 0.1) is 0 Å². The van der Waals surface area contributed by atoms with Crippen LogP contribution in [0.3, 0.4) is 0 Å². The Hall–Kier alpha value is -1.16. The number of hydrogen-bond donors (Lipinski definition) is 2. The van der Waals surface area contributed by atoms with Crippen LogP contribution in [0.4, 0.5) is 0 Å². The number of aliphatic hydroxyl groups excluding tert-OH is 2. The van der Waals surface area contributed by atoms with Crippen LogP contribution in [0.25, 0.3) is 0 Å². The molecule has 0 fully saturated rings. The molecule has 0 aliphatic heterocycles. The Bertz CT molecular complexity index is 152. The first-order valence-corrected chi connectivity index (χ1v) is 2.77. The van der Waals surface area contributed by atoms with Gasteiger partial charge in [-0.25, -0.2) is 0 Å². The molecule has 0 aliphatic rings. The lowest BCUT2D eigenvalue weighted by Gasteiger charge is -1.86. The average molecular weight is 142 g/mol. The number of nitrogens with zero attached hydrogens (tertiary/aromatic N) is 2. The van der Waals surface area contributed by atoms with Crippen molar-refractivity contribution >= 4 is 12.9 Å². The lowest BCUT2D eigenvalue weighted by atomic mass is 10.6. The maximum Gasteiger partial charge on any atom is 0.151 e. The maximum absolute atomic E-state index is 8.77. The van der Waals surface area contributed by atoms with Crippen molar-refractivity contribution in [3.63, 3.8) is 0 Å². The number of allylic oxidation sites excluding steroid dienone is 1. The van der Waals surface area contributed by atoms with Crippen LogP contribution in [0.5, 0.6) is 0 Å². The molecule has 0 saturated carbocycles. The molecular formula is C6H10N2O2. The van der Waals surface area contributed by atoms with E-state index in [2.05, 4.69) is 16.7 Å². The number of rotatable bonds is 4. The first-order valence-electron chi connectivity index (χ1n) is 2.77. The van der Waals surface area contributed by atoms with E-state index in [0.29, 0.717) is 0 Å². The molecule has 0 bridgehead atoms. The summed E-state index contributed by atoms with van der Waals surface area (Å²) < 4.78 is 0. The van der Waals surface area contributed by atoms with Gasteiger partial charge in [0.1, 0.15) is 0 Å². The molecule has 0 saturated heterocycles. The first-order chi connectivity index (χ1) is 4.81. The smallest absolute Gasteiger partial charge is 0.151 e. The molecule has 0 atom stereocenters. The molecule has 2 N–H and O–H groups in total. The van der Waals surface area contributed by atoms with E-state index >= 15 is 0 Å². The Labute approximate surface area is 59.3 Å². The van der Waals surface area contributed by atoms with Crippen molar-refractivity contribution in [3.8, 4) is 0 Å². The van der Waals surface area contributed by atoms with Gasteiger partial charge >= 0.3 is 0 Å². The van der Waals surface area contributed by atoms with Crippen molar-refractivity contribution in [2.24, 2.45) is 9.98 Å². The van der Waals surface area contributed by atoms with E-state index in [1.54, 1.807) is 0 Å². The van der Waals surface area contributed by atoms with E-state index in [9.17, 15) is 0 Å². The highest BCUT2D eigenvalue weighted by atomic mass is 16.3. The van der Waals surface area contributed by atoms with Gasteiger partial charge in [0.15, 0.2) is 5.76 Å². The molecule has 0 spiro atoms. The minimum absolute atomic E-state index is 0.0225. The third kappa shape index (κ3) is 4.99. The molecule has 0 unspecified atom stereocenters. The Morgan fingerprint density at radius 3 is 2.80 bits per heavy atom. The molecule has 0 amide bonds. The zero-order chi connectivity index (χ0) is 7.82. The summed E-state index contributed by atoms with van der Waals surface area (Å²) in [5, 5.41) is 17.0. The summed E-state index contributed by atoms with van der Waals surface area (Å²) in [6.07, 6.45) is 2.38. The van der Waals surface area contributed by atoms with Crippen LogP contribution >= 0.6 is 0 Å². The van der Waals surface area contributed by atoms with Crippen LogP contribution in [-0.2, 0) is 0 Å². The summed E-state index contributed by atoms with van der Waals surface area (Å²) in [7, 11) is 0. The zero-order valence-electron chi connectivity index (χ0n) is 5.56. The minimum Gasteiger partial charge on any atom is -0.505 e. The molecule has 10 heavy (non-hydrogen) atoms. The fourth-order valence-electron chi connectivity index (χ4n) is 0.343. The fraction of sp³-hybridized carbons (Fsp3) is 0.333. The highest BCUT2D eigenvalue weighted by Gasteiger charge is 1.81. The first kappa shape index (κ1) is 8.84. The monoisotopic (exact) mass is 142 g/mol. The highest BCUT2D eigenvalue weighted by Crippen LogP contribution is 1.82. The van der Waals surface area contributed by atoms with E-state index < -0.39 is 0 Å². The molecule has 0 aliphatic carbocycles.